The van der Waals surface area contributed by atoms with Gasteiger partial charge in [-0.05, 0) is 42.4 Å². The Balaban J connectivity index is 3.89. The van der Waals surface area contributed by atoms with Crippen LogP contribution in [0.25, 0.3) is 0 Å². The normalized spacial score (nSPS) is 28.1. The average molecular weight is 667 g/mol. The van der Waals surface area contributed by atoms with Gasteiger partial charge >= 0.3 is 11.9 Å². The van der Waals surface area contributed by atoms with E-state index in [0.717, 1.165) is 0 Å². The summed E-state index contributed by atoms with van der Waals surface area (Å²) >= 11 is 0. The van der Waals surface area contributed by atoms with Gasteiger partial charge in [-0.25, -0.2) is 9.59 Å². The molecule has 0 spiro atoms. The van der Waals surface area contributed by atoms with Crippen LogP contribution in [0.3, 0.4) is 0 Å². The summed E-state index contributed by atoms with van der Waals surface area (Å²) in [7, 11) is 1.48. The second-order valence-corrected chi connectivity index (χ2v) is 14.4. The van der Waals surface area contributed by atoms with Crippen LogP contribution in [0.5, 0.6) is 0 Å². The molecule has 0 aromatic rings. The van der Waals surface area contributed by atoms with Crippen molar-refractivity contribution >= 4 is 35.6 Å². The summed E-state index contributed by atoms with van der Waals surface area (Å²) in [6.45, 7) is 21.8. The number of carbonyl (C=O) groups excluding carboxylic acids is 6. The molecule has 1 aliphatic rings. The maximum absolute atomic E-state index is 14.0. The standard InChI is InChI=1S/C35H62N4O8/c1-14-21(10)26-30(40)36-24(17-18(4)5)34(44)47-29(23(12)16-3)32(42)37-25(19(6)7)33(43)39(13)27(22(11)15-2)35(45)46-28(20(8)9)31(41)38-26/h18-29H,14-17H2,1-13H3,(H,36,40)(H,37,42)(H,38,41)/t21?,22?,23?,24-,25?,26-,27+,28+,29+/m1/s1. The molecular weight excluding hydrogens is 604 g/mol. The lowest BCUT2D eigenvalue weighted by atomic mass is 9.94. The molecule has 1 fully saturated rings. The Labute approximate surface area is 282 Å². The van der Waals surface area contributed by atoms with Crippen molar-refractivity contribution in [1.29, 1.82) is 0 Å². The topological polar surface area (TPSA) is 160 Å². The van der Waals surface area contributed by atoms with Gasteiger partial charge in [0.05, 0.1) is 0 Å². The molecular formula is C35H62N4O8. The molecule has 270 valence electrons. The van der Waals surface area contributed by atoms with E-state index in [1.807, 2.05) is 41.5 Å². The highest BCUT2D eigenvalue weighted by Gasteiger charge is 2.42. The van der Waals surface area contributed by atoms with Gasteiger partial charge in [-0.3, -0.25) is 19.2 Å². The van der Waals surface area contributed by atoms with E-state index < -0.39 is 83.8 Å². The van der Waals surface area contributed by atoms with Gasteiger partial charge in [0.25, 0.3) is 11.8 Å². The number of nitrogens with zero attached hydrogens (tertiary/aromatic N) is 1. The number of cyclic esters (lactones) is 2. The predicted octanol–water partition coefficient (Wildman–Crippen LogP) is 3.60. The maximum atomic E-state index is 14.0. The van der Waals surface area contributed by atoms with E-state index in [-0.39, 0.29) is 30.1 Å². The van der Waals surface area contributed by atoms with Gasteiger partial charge < -0.3 is 30.3 Å². The first kappa shape index (κ1) is 41.8. The van der Waals surface area contributed by atoms with E-state index in [1.54, 1.807) is 41.5 Å². The van der Waals surface area contributed by atoms with Crippen LogP contribution >= 0.6 is 0 Å². The van der Waals surface area contributed by atoms with Crippen molar-refractivity contribution < 1.29 is 38.2 Å². The minimum atomic E-state index is -1.26. The molecule has 0 aromatic heterocycles. The second-order valence-electron chi connectivity index (χ2n) is 14.4. The molecule has 1 saturated heterocycles. The lowest BCUT2D eigenvalue weighted by Crippen LogP contribution is -2.60. The lowest BCUT2D eigenvalue weighted by molar-refractivity contribution is -0.169. The number of hydrogen-bond acceptors (Lipinski definition) is 8. The average Bonchev–Trinajstić information content (AvgIpc) is 3.00. The van der Waals surface area contributed by atoms with Crippen LogP contribution in [-0.2, 0) is 38.2 Å². The maximum Gasteiger partial charge on any atom is 0.329 e. The minimum absolute atomic E-state index is 0.0279. The first-order chi connectivity index (χ1) is 21.8. The number of esters is 2. The quantitative estimate of drug-likeness (QED) is 0.298. The second kappa shape index (κ2) is 19.0. The molecule has 0 aromatic carbocycles. The SMILES string of the molecule is CCC(C)[C@@H]1OC(=O)[C@@H](CC(C)C)NC(=O)[C@@H](C(C)CC)NC(=O)[C@H](C(C)C)OC(=O)[C@H](C(C)CC)N(C)C(=O)C(C(C)C)NC1=O. The number of ether oxygens (including phenoxy) is 2. The van der Waals surface area contributed by atoms with Crippen molar-refractivity contribution in [1.82, 2.24) is 20.9 Å². The van der Waals surface area contributed by atoms with Crippen molar-refractivity contribution in [3.63, 3.8) is 0 Å². The molecule has 0 saturated carbocycles. The van der Waals surface area contributed by atoms with E-state index in [4.69, 9.17) is 9.47 Å². The van der Waals surface area contributed by atoms with Gasteiger partial charge in [-0.15, -0.1) is 0 Å². The molecule has 0 aliphatic carbocycles. The minimum Gasteiger partial charge on any atom is -0.450 e. The van der Waals surface area contributed by atoms with Gasteiger partial charge in [0.15, 0.2) is 12.2 Å². The van der Waals surface area contributed by atoms with Crippen molar-refractivity contribution in [2.45, 2.75) is 145 Å². The number of likely N-dealkylation sites (N-methyl/N-ethyl adjacent to an activating group) is 1. The van der Waals surface area contributed by atoms with Crippen molar-refractivity contribution in [2.24, 2.45) is 35.5 Å². The van der Waals surface area contributed by atoms with E-state index in [1.165, 1.54) is 11.9 Å². The van der Waals surface area contributed by atoms with Crippen molar-refractivity contribution in [3.8, 4) is 0 Å². The zero-order chi connectivity index (χ0) is 36.3. The highest BCUT2D eigenvalue weighted by molar-refractivity contribution is 5.95. The molecule has 47 heavy (non-hydrogen) atoms. The summed E-state index contributed by atoms with van der Waals surface area (Å²) in [5.41, 5.74) is 0. The molecule has 1 aliphatic heterocycles. The Kier molecular flexibility index (Phi) is 16.9. The smallest absolute Gasteiger partial charge is 0.329 e. The third kappa shape index (κ3) is 11.5. The Morgan fingerprint density at radius 3 is 1.55 bits per heavy atom. The zero-order valence-corrected chi connectivity index (χ0v) is 31.0. The third-order valence-electron chi connectivity index (χ3n) is 9.29. The highest BCUT2D eigenvalue weighted by atomic mass is 16.6. The highest BCUT2D eigenvalue weighted by Crippen LogP contribution is 2.22. The summed E-state index contributed by atoms with van der Waals surface area (Å²) in [6, 6.07) is -4.27. The molecule has 12 heteroatoms. The lowest BCUT2D eigenvalue weighted by Gasteiger charge is -2.36. The predicted molar refractivity (Wildman–Crippen MR) is 180 cm³/mol. The first-order valence-electron chi connectivity index (χ1n) is 17.4. The molecule has 3 N–H and O–H groups in total. The molecule has 0 bridgehead atoms. The van der Waals surface area contributed by atoms with Gasteiger partial charge in [0, 0.05) is 13.0 Å². The van der Waals surface area contributed by atoms with Gasteiger partial charge in [0.2, 0.25) is 11.8 Å². The summed E-state index contributed by atoms with van der Waals surface area (Å²) < 4.78 is 11.7. The van der Waals surface area contributed by atoms with Crippen LogP contribution in [0, 0.1) is 35.5 Å². The van der Waals surface area contributed by atoms with Crippen LogP contribution < -0.4 is 16.0 Å². The Morgan fingerprint density at radius 1 is 0.596 bits per heavy atom. The van der Waals surface area contributed by atoms with Crippen LogP contribution in [0.2, 0.25) is 0 Å². The van der Waals surface area contributed by atoms with Crippen molar-refractivity contribution in [3.05, 3.63) is 0 Å². The van der Waals surface area contributed by atoms with Crippen LogP contribution in [0.1, 0.15) is 109 Å². The molecule has 9 atom stereocenters. The van der Waals surface area contributed by atoms with Gasteiger partial charge in [-0.1, -0.05) is 95.9 Å². The third-order valence-corrected chi connectivity index (χ3v) is 9.29. The number of hydrogen-bond donors (Lipinski definition) is 3. The van der Waals surface area contributed by atoms with Crippen molar-refractivity contribution in [2.75, 3.05) is 7.05 Å². The van der Waals surface area contributed by atoms with E-state index in [2.05, 4.69) is 16.0 Å². The number of rotatable bonds is 10. The van der Waals surface area contributed by atoms with E-state index in [0.29, 0.717) is 19.3 Å². The number of amides is 4. The first-order valence-corrected chi connectivity index (χ1v) is 17.4. The monoisotopic (exact) mass is 666 g/mol. The molecule has 4 amide bonds. The van der Waals surface area contributed by atoms with Crippen LogP contribution in [0.15, 0.2) is 0 Å². The zero-order valence-electron chi connectivity index (χ0n) is 31.0. The number of nitrogens with one attached hydrogen (secondary N) is 3. The van der Waals surface area contributed by atoms with Crippen LogP contribution in [0.4, 0.5) is 0 Å². The fourth-order valence-electron chi connectivity index (χ4n) is 5.52. The largest absolute Gasteiger partial charge is 0.450 e. The molecule has 1 heterocycles. The van der Waals surface area contributed by atoms with Gasteiger partial charge in [-0.2, -0.15) is 0 Å². The summed E-state index contributed by atoms with van der Waals surface area (Å²) in [6.07, 6.45) is -0.738. The Hall–Kier alpha value is -3.18. The molecule has 12 nitrogen and oxygen atoms in total. The van der Waals surface area contributed by atoms with Crippen LogP contribution in [-0.4, -0.2) is 83.9 Å². The Morgan fingerprint density at radius 2 is 1.09 bits per heavy atom. The number of carbonyl (C=O) groups is 6. The summed E-state index contributed by atoms with van der Waals surface area (Å²) in [5, 5.41) is 8.35. The molecule has 1 rings (SSSR count). The summed E-state index contributed by atoms with van der Waals surface area (Å²) in [5.74, 6) is -5.92. The fraction of sp³-hybridized carbons (Fsp3) is 0.829. The molecule has 0 radical (unpaired) electrons. The van der Waals surface area contributed by atoms with Gasteiger partial charge in [0.1, 0.15) is 24.2 Å². The fourth-order valence-corrected chi connectivity index (χ4v) is 5.52. The summed E-state index contributed by atoms with van der Waals surface area (Å²) in [4.78, 5) is 84.1. The van der Waals surface area contributed by atoms with E-state index >= 15 is 0 Å². The van der Waals surface area contributed by atoms with E-state index in [9.17, 15) is 28.8 Å². The Bertz CT molecular complexity index is 1090. The molecule has 4 unspecified atom stereocenters.